The molecule has 0 atom stereocenters. The first kappa shape index (κ1) is 17.3. The Morgan fingerprint density at radius 3 is 2.63 bits per heavy atom. The highest BCUT2D eigenvalue weighted by Gasteiger charge is 2.16. The fourth-order valence-electron chi connectivity index (χ4n) is 2.86. The topological polar surface area (TPSA) is 65.7 Å². The number of para-hydroxylation sites is 1. The zero-order chi connectivity index (χ0) is 19.0. The van der Waals surface area contributed by atoms with Gasteiger partial charge in [-0.25, -0.2) is 4.52 Å². The van der Waals surface area contributed by atoms with Gasteiger partial charge in [0, 0.05) is 0 Å². The van der Waals surface area contributed by atoms with Crippen LogP contribution in [0, 0.1) is 6.92 Å². The van der Waals surface area contributed by atoms with Gasteiger partial charge in [-0.15, -0.1) is 0 Å². The lowest BCUT2D eigenvalue weighted by molar-refractivity contribution is -0.139. The molecule has 4 aromatic rings. The van der Waals surface area contributed by atoms with Crippen LogP contribution < -0.4 is 4.74 Å². The van der Waals surface area contributed by atoms with Gasteiger partial charge in [0.15, 0.2) is 5.65 Å². The normalized spacial score (nSPS) is 11.1. The standard InChI is InChI=1S/C20H16ClN3O3/c1-12-18(21)19-22-20(15-5-3-4-6-16(15)24(19)23-12)27-14-9-7-13(8-10-14)11-17(25)26-2/h3-10H,11H2,1-2H3. The molecule has 0 N–H and O–H groups in total. The van der Waals surface area contributed by atoms with E-state index in [1.54, 1.807) is 16.6 Å². The molecule has 0 radical (unpaired) electrons. The van der Waals surface area contributed by atoms with E-state index in [4.69, 9.17) is 16.3 Å². The van der Waals surface area contributed by atoms with Crippen LogP contribution in [0.15, 0.2) is 48.5 Å². The summed E-state index contributed by atoms with van der Waals surface area (Å²) in [5.74, 6) is 0.770. The van der Waals surface area contributed by atoms with Crippen molar-refractivity contribution in [2.75, 3.05) is 7.11 Å². The highest BCUT2D eigenvalue weighted by atomic mass is 35.5. The average molecular weight is 382 g/mol. The van der Waals surface area contributed by atoms with Crippen LogP contribution in [0.2, 0.25) is 5.02 Å². The lowest BCUT2D eigenvalue weighted by Gasteiger charge is -2.10. The van der Waals surface area contributed by atoms with Crippen LogP contribution in [0.3, 0.4) is 0 Å². The molecular weight excluding hydrogens is 366 g/mol. The Labute approximate surface area is 160 Å². The van der Waals surface area contributed by atoms with Gasteiger partial charge in [0.05, 0.1) is 30.1 Å². The number of aryl methyl sites for hydroxylation is 1. The van der Waals surface area contributed by atoms with Crippen LogP contribution in [-0.4, -0.2) is 27.7 Å². The Kier molecular flexibility index (Phi) is 4.41. The molecule has 2 aromatic heterocycles. The molecule has 0 saturated carbocycles. The van der Waals surface area contributed by atoms with E-state index in [0.717, 1.165) is 16.5 Å². The molecule has 2 heterocycles. The molecule has 4 rings (SSSR count). The predicted octanol–water partition coefficient (Wildman–Crippen LogP) is 4.35. The first-order valence-electron chi connectivity index (χ1n) is 8.34. The Hall–Kier alpha value is -3.12. The summed E-state index contributed by atoms with van der Waals surface area (Å²) in [4.78, 5) is 16.0. The molecule has 0 saturated heterocycles. The fraction of sp³-hybridized carbons (Fsp3) is 0.150. The monoisotopic (exact) mass is 381 g/mol. The maximum atomic E-state index is 11.4. The van der Waals surface area contributed by atoms with Crippen LogP contribution in [-0.2, 0) is 16.0 Å². The second-order valence-corrected chi connectivity index (χ2v) is 6.45. The number of hydrogen-bond donors (Lipinski definition) is 0. The largest absolute Gasteiger partial charge is 0.469 e. The Bertz CT molecular complexity index is 1150. The third-order valence-corrected chi connectivity index (χ3v) is 4.69. The number of esters is 1. The summed E-state index contributed by atoms with van der Waals surface area (Å²) in [6.45, 7) is 1.84. The molecule has 0 spiro atoms. The Balaban J connectivity index is 1.74. The second-order valence-electron chi connectivity index (χ2n) is 6.07. The van der Waals surface area contributed by atoms with E-state index in [2.05, 4.69) is 14.8 Å². The Morgan fingerprint density at radius 1 is 1.15 bits per heavy atom. The van der Waals surface area contributed by atoms with Crippen molar-refractivity contribution in [1.29, 1.82) is 0 Å². The number of ether oxygens (including phenoxy) is 2. The maximum Gasteiger partial charge on any atom is 0.309 e. The van der Waals surface area contributed by atoms with E-state index in [0.29, 0.717) is 28.0 Å². The molecule has 6 nitrogen and oxygen atoms in total. The van der Waals surface area contributed by atoms with E-state index < -0.39 is 0 Å². The van der Waals surface area contributed by atoms with Crippen molar-refractivity contribution in [3.63, 3.8) is 0 Å². The van der Waals surface area contributed by atoms with E-state index >= 15 is 0 Å². The molecule has 0 unspecified atom stereocenters. The molecule has 0 bridgehead atoms. The summed E-state index contributed by atoms with van der Waals surface area (Å²) < 4.78 is 12.4. The lowest BCUT2D eigenvalue weighted by Crippen LogP contribution is -2.04. The lowest BCUT2D eigenvalue weighted by atomic mass is 10.1. The van der Waals surface area contributed by atoms with Crippen molar-refractivity contribution in [2.24, 2.45) is 0 Å². The van der Waals surface area contributed by atoms with Crippen LogP contribution >= 0.6 is 11.6 Å². The molecule has 27 heavy (non-hydrogen) atoms. The maximum absolute atomic E-state index is 11.4. The summed E-state index contributed by atoms with van der Waals surface area (Å²) in [6, 6.07) is 14.9. The first-order valence-corrected chi connectivity index (χ1v) is 8.72. The van der Waals surface area contributed by atoms with E-state index in [1.165, 1.54) is 7.11 Å². The molecule has 0 aliphatic heterocycles. The van der Waals surface area contributed by atoms with Crippen molar-refractivity contribution < 1.29 is 14.3 Å². The molecule has 0 amide bonds. The van der Waals surface area contributed by atoms with Gasteiger partial charge in [-0.05, 0) is 36.8 Å². The van der Waals surface area contributed by atoms with Crippen molar-refractivity contribution in [2.45, 2.75) is 13.3 Å². The van der Waals surface area contributed by atoms with Gasteiger partial charge in [-0.1, -0.05) is 35.9 Å². The zero-order valence-corrected chi connectivity index (χ0v) is 15.5. The summed E-state index contributed by atoms with van der Waals surface area (Å²) >= 11 is 6.35. The summed E-state index contributed by atoms with van der Waals surface area (Å²) in [5.41, 5.74) is 2.95. The van der Waals surface area contributed by atoms with Gasteiger partial charge in [-0.2, -0.15) is 10.1 Å². The van der Waals surface area contributed by atoms with Crippen LogP contribution in [0.25, 0.3) is 16.6 Å². The van der Waals surface area contributed by atoms with Gasteiger partial charge < -0.3 is 9.47 Å². The van der Waals surface area contributed by atoms with E-state index in [1.807, 2.05) is 43.3 Å². The van der Waals surface area contributed by atoms with E-state index in [9.17, 15) is 4.79 Å². The third-order valence-electron chi connectivity index (χ3n) is 4.25. The van der Waals surface area contributed by atoms with E-state index in [-0.39, 0.29) is 12.4 Å². The number of nitrogens with zero attached hydrogens (tertiary/aromatic N) is 3. The number of halogens is 1. The smallest absolute Gasteiger partial charge is 0.309 e. The third kappa shape index (κ3) is 3.19. The molecule has 136 valence electrons. The number of carbonyl (C=O) groups is 1. The van der Waals surface area contributed by atoms with Gasteiger partial charge in [0.2, 0.25) is 5.88 Å². The first-order chi connectivity index (χ1) is 13.1. The summed E-state index contributed by atoms with van der Waals surface area (Å²) in [7, 11) is 1.37. The number of aromatic nitrogens is 3. The highest BCUT2D eigenvalue weighted by Crippen LogP contribution is 2.32. The van der Waals surface area contributed by atoms with Crippen molar-refractivity contribution in [3.05, 3.63) is 64.8 Å². The molecule has 0 aliphatic carbocycles. The van der Waals surface area contributed by atoms with Crippen molar-refractivity contribution in [1.82, 2.24) is 14.6 Å². The average Bonchev–Trinajstić information content (AvgIpc) is 2.98. The van der Waals surface area contributed by atoms with Gasteiger partial charge in [0.1, 0.15) is 10.8 Å². The SMILES string of the molecule is COC(=O)Cc1ccc(Oc2nc3c(Cl)c(C)nn3c3ccccc23)cc1. The number of benzene rings is 2. The Morgan fingerprint density at radius 2 is 1.89 bits per heavy atom. The molecule has 2 aromatic carbocycles. The number of methoxy groups -OCH3 is 1. The minimum Gasteiger partial charge on any atom is -0.469 e. The van der Waals surface area contributed by atoms with Gasteiger partial charge in [0.25, 0.3) is 0 Å². The van der Waals surface area contributed by atoms with Gasteiger partial charge in [-0.3, -0.25) is 4.79 Å². The zero-order valence-electron chi connectivity index (χ0n) is 14.8. The van der Waals surface area contributed by atoms with Crippen LogP contribution in [0.4, 0.5) is 0 Å². The number of fused-ring (bicyclic) bond motifs is 3. The number of hydrogen-bond acceptors (Lipinski definition) is 5. The minimum absolute atomic E-state index is 0.217. The minimum atomic E-state index is -0.285. The van der Waals surface area contributed by atoms with Crippen LogP contribution in [0.1, 0.15) is 11.3 Å². The number of rotatable bonds is 4. The van der Waals surface area contributed by atoms with Crippen molar-refractivity contribution >= 4 is 34.1 Å². The number of carbonyl (C=O) groups excluding carboxylic acids is 1. The van der Waals surface area contributed by atoms with Gasteiger partial charge >= 0.3 is 5.97 Å². The summed E-state index contributed by atoms with van der Waals surface area (Å²) in [6.07, 6.45) is 0.217. The molecular formula is C20H16ClN3O3. The van der Waals surface area contributed by atoms with Crippen LogP contribution in [0.5, 0.6) is 11.6 Å². The quantitative estimate of drug-likeness (QED) is 0.491. The molecule has 0 fully saturated rings. The molecule has 7 heteroatoms. The highest BCUT2D eigenvalue weighted by molar-refractivity contribution is 6.34. The second kappa shape index (κ2) is 6.89. The predicted molar refractivity (Wildman–Crippen MR) is 102 cm³/mol. The fourth-order valence-corrected chi connectivity index (χ4v) is 3.02. The molecule has 0 aliphatic rings. The van der Waals surface area contributed by atoms with Crippen molar-refractivity contribution in [3.8, 4) is 11.6 Å². The summed E-state index contributed by atoms with van der Waals surface area (Å²) in [5, 5.41) is 5.78.